The molecule has 0 bridgehead atoms. The lowest BCUT2D eigenvalue weighted by Crippen LogP contribution is -2.38. The van der Waals surface area contributed by atoms with Gasteiger partial charge in [0, 0.05) is 17.5 Å². The highest BCUT2D eigenvalue weighted by molar-refractivity contribution is 7.80. The van der Waals surface area contributed by atoms with E-state index in [4.69, 9.17) is 0 Å². The summed E-state index contributed by atoms with van der Waals surface area (Å²) < 4.78 is 0. The maximum atomic E-state index is 12.1. The summed E-state index contributed by atoms with van der Waals surface area (Å²) >= 11 is 4.23. The molecule has 1 amide bonds. The third-order valence-electron chi connectivity index (χ3n) is 2.70. The molecule has 1 aromatic carbocycles. The molecule has 2 nitrogen and oxygen atoms in total. The topological polar surface area (TPSA) is 20.3 Å². The molecular weight excluding hydrogens is 230 g/mol. The third kappa shape index (κ3) is 4.43. The van der Waals surface area contributed by atoms with E-state index in [-0.39, 0.29) is 11.9 Å². The van der Waals surface area contributed by atoms with Crippen LogP contribution in [0.2, 0.25) is 0 Å². The van der Waals surface area contributed by atoms with Gasteiger partial charge in [-0.1, -0.05) is 19.1 Å². The standard InChI is InChI=1S/C14H21NOS/c1-4-9-15(11(2)3)14(16)10-12-5-7-13(17)8-6-12/h5-8,11,17H,4,9-10H2,1-3H3. The number of hydrogen-bond donors (Lipinski definition) is 1. The van der Waals surface area contributed by atoms with Crippen molar-refractivity contribution in [3.8, 4) is 0 Å². The molecule has 0 aromatic heterocycles. The molecule has 0 aliphatic rings. The Balaban J connectivity index is 2.66. The van der Waals surface area contributed by atoms with E-state index in [0.29, 0.717) is 6.42 Å². The van der Waals surface area contributed by atoms with Gasteiger partial charge in [-0.15, -0.1) is 12.6 Å². The second-order valence-corrected chi connectivity index (χ2v) is 5.04. The first-order valence-corrected chi connectivity index (χ1v) is 6.56. The number of hydrogen-bond acceptors (Lipinski definition) is 2. The Morgan fingerprint density at radius 3 is 2.35 bits per heavy atom. The third-order valence-corrected chi connectivity index (χ3v) is 3.00. The van der Waals surface area contributed by atoms with Crippen molar-refractivity contribution in [1.29, 1.82) is 0 Å². The molecule has 3 heteroatoms. The molecule has 94 valence electrons. The number of rotatable bonds is 5. The normalized spacial score (nSPS) is 10.6. The van der Waals surface area contributed by atoms with Crippen LogP contribution >= 0.6 is 12.6 Å². The minimum Gasteiger partial charge on any atom is -0.340 e. The molecule has 0 heterocycles. The average Bonchev–Trinajstić information content (AvgIpc) is 2.28. The van der Waals surface area contributed by atoms with Crippen molar-refractivity contribution < 1.29 is 4.79 Å². The van der Waals surface area contributed by atoms with E-state index in [1.807, 2.05) is 29.2 Å². The summed E-state index contributed by atoms with van der Waals surface area (Å²) in [6.07, 6.45) is 1.48. The van der Waals surface area contributed by atoms with Crippen LogP contribution in [0.25, 0.3) is 0 Å². The van der Waals surface area contributed by atoms with E-state index in [9.17, 15) is 4.79 Å². The smallest absolute Gasteiger partial charge is 0.227 e. The van der Waals surface area contributed by atoms with E-state index < -0.39 is 0 Å². The highest BCUT2D eigenvalue weighted by Gasteiger charge is 2.15. The van der Waals surface area contributed by atoms with Gasteiger partial charge in [-0.05, 0) is 38.0 Å². The lowest BCUT2D eigenvalue weighted by Gasteiger charge is -2.26. The van der Waals surface area contributed by atoms with Gasteiger partial charge in [0.15, 0.2) is 0 Å². The van der Waals surface area contributed by atoms with E-state index in [0.717, 1.165) is 23.4 Å². The summed E-state index contributed by atoms with van der Waals surface area (Å²) in [6, 6.07) is 8.04. The van der Waals surface area contributed by atoms with Crippen LogP contribution in [0, 0.1) is 0 Å². The molecule has 0 saturated carbocycles. The van der Waals surface area contributed by atoms with Crippen molar-refractivity contribution in [1.82, 2.24) is 4.90 Å². The number of nitrogens with zero attached hydrogens (tertiary/aromatic N) is 1. The van der Waals surface area contributed by atoms with Crippen LogP contribution in [0.3, 0.4) is 0 Å². The van der Waals surface area contributed by atoms with Crippen LogP contribution in [0.4, 0.5) is 0 Å². The number of thiol groups is 1. The fourth-order valence-electron chi connectivity index (χ4n) is 1.80. The van der Waals surface area contributed by atoms with Crippen molar-refractivity contribution in [2.45, 2.75) is 44.6 Å². The highest BCUT2D eigenvalue weighted by Crippen LogP contribution is 2.10. The predicted molar refractivity (Wildman–Crippen MR) is 74.5 cm³/mol. The van der Waals surface area contributed by atoms with E-state index >= 15 is 0 Å². The number of carbonyl (C=O) groups excluding carboxylic acids is 1. The van der Waals surface area contributed by atoms with Gasteiger partial charge in [0.2, 0.25) is 5.91 Å². The van der Waals surface area contributed by atoms with Crippen LogP contribution < -0.4 is 0 Å². The molecule has 0 aliphatic heterocycles. The molecular formula is C14H21NOS. The molecule has 0 unspecified atom stereocenters. The van der Waals surface area contributed by atoms with E-state index in [1.54, 1.807) is 0 Å². The van der Waals surface area contributed by atoms with Crippen LogP contribution in [-0.4, -0.2) is 23.4 Å². The highest BCUT2D eigenvalue weighted by atomic mass is 32.1. The molecule has 1 rings (SSSR count). The van der Waals surface area contributed by atoms with E-state index in [2.05, 4.69) is 33.4 Å². The van der Waals surface area contributed by atoms with Gasteiger partial charge in [-0.25, -0.2) is 0 Å². The second kappa shape index (κ2) is 6.70. The molecule has 0 radical (unpaired) electrons. The van der Waals surface area contributed by atoms with Crippen LogP contribution in [0.15, 0.2) is 29.2 Å². The summed E-state index contributed by atoms with van der Waals surface area (Å²) in [4.78, 5) is 15.0. The van der Waals surface area contributed by atoms with Gasteiger partial charge in [-0.2, -0.15) is 0 Å². The number of carbonyl (C=O) groups is 1. The fraction of sp³-hybridized carbons (Fsp3) is 0.500. The Morgan fingerprint density at radius 2 is 1.88 bits per heavy atom. The maximum absolute atomic E-state index is 12.1. The SMILES string of the molecule is CCCN(C(=O)Cc1ccc(S)cc1)C(C)C. The number of benzene rings is 1. The molecule has 0 spiro atoms. The van der Waals surface area contributed by atoms with Gasteiger partial charge in [-0.3, -0.25) is 4.79 Å². The van der Waals surface area contributed by atoms with Crippen molar-refractivity contribution in [3.63, 3.8) is 0 Å². The maximum Gasteiger partial charge on any atom is 0.227 e. The second-order valence-electron chi connectivity index (χ2n) is 4.52. The largest absolute Gasteiger partial charge is 0.340 e. The predicted octanol–water partition coefficient (Wildman–Crippen LogP) is 3.16. The van der Waals surface area contributed by atoms with Gasteiger partial charge >= 0.3 is 0 Å². The zero-order chi connectivity index (χ0) is 12.8. The minimum absolute atomic E-state index is 0.203. The average molecular weight is 251 g/mol. The van der Waals surface area contributed by atoms with Crippen molar-refractivity contribution in [3.05, 3.63) is 29.8 Å². The summed E-state index contributed by atoms with van der Waals surface area (Å²) in [5.41, 5.74) is 1.05. The Bertz CT molecular complexity index is 359. The Labute approximate surface area is 109 Å². The summed E-state index contributed by atoms with van der Waals surface area (Å²) in [5.74, 6) is 0.203. The zero-order valence-corrected chi connectivity index (χ0v) is 11.7. The molecule has 0 N–H and O–H groups in total. The lowest BCUT2D eigenvalue weighted by molar-refractivity contribution is -0.132. The summed E-state index contributed by atoms with van der Waals surface area (Å²) in [7, 11) is 0. The minimum atomic E-state index is 0.203. The molecule has 0 aliphatic carbocycles. The van der Waals surface area contributed by atoms with Gasteiger partial charge < -0.3 is 4.90 Å². The van der Waals surface area contributed by atoms with E-state index in [1.165, 1.54) is 0 Å². The molecule has 0 atom stereocenters. The quantitative estimate of drug-likeness (QED) is 0.797. The fourth-order valence-corrected chi connectivity index (χ4v) is 1.95. The van der Waals surface area contributed by atoms with Crippen molar-refractivity contribution in [2.24, 2.45) is 0 Å². The monoisotopic (exact) mass is 251 g/mol. The lowest BCUT2D eigenvalue weighted by atomic mass is 10.1. The summed E-state index contributed by atoms with van der Waals surface area (Å²) in [5, 5.41) is 0. The van der Waals surface area contributed by atoms with Crippen molar-refractivity contribution >= 4 is 18.5 Å². The van der Waals surface area contributed by atoms with Crippen LogP contribution in [0.5, 0.6) is 0 Å². The first kappa shape index (κ1) is 14.1. The summed E-state index contributed by atoms with van der Waals surface area (Å²) in [6.45, 7) is 7.05. The van der Waals surface area contributed by atoms with Crippen LogP contribution in [0.1, 0.15) is 32.8 Å². The molecule has 0 saturated heterocycles. The Morgan fingerprint density at radius 1 is 1.29 bits per heavy atom. The van der Waals surface area contributed by atoms with Gasteiger partial charge in [0.25, 0.3) is 0 Å². The Kier molecular flexibility index (Phi) is 5.56. The molecule has 17 heavy (non-hydrogen) atoms. The number of amides is 1. The van der Waals surface area contributed by atoms with Crippen molar-refractivity contribution in [2.75, 3.05) is 6.54 Å². The van der Waals surface area contributed by atoms with Gasteiger partial charge in [0.1, 0.15) is 0 Å². The first-order valence-electron chi connectivity index (χ1n) is 6.12. The molecule has 0 fully saturated rings. The molecule has 1 aromatic rings. The first-order chi connectivity index (χ1) is 8.04. The Hall–Kier alpha value is -0.960. The zero-order valence-electron chi connectivity index (χ0n) is 10.8. The van der Waals surface area contributed by atoms with Crippen LogP contribution in [-0.2, 0) is 11.2 Å². The van der Waals surface area contributed by atoms with Gasteiger partial charge in [0.05, 0.1) is 6.42 Å².